The van der Waals surface area contributed by atoms with Crippen molar-refractivity contribution in [2.24, 2.45) is 5.73 Å². The van der Waals surface area contributed by atoms with Gasteiger partial charge in [-0.15, -0.1) is 0 Å². The third-order valence-electron chi connectivity index (χ3n) is 1.83. The van der Waals surface area contributed by atoms with E-state index in [1.54, 1.807) is 7.11 Å². The van der Waals surface area contributed by atoms with Gasteiger partial charge in [0.15, 0.2) is 0 Å². The maximum absolute atomic E-state index is 11.1. The first-order valence-corrected chi connectivity index (χ1v) is 5.19. The number of carbonyl (C=O) groups excluding carboxylic acids is 1. The van der Waals surface area contributed by atoms with Crippen molar-refractivity contribution in [2.75, 3.05) is 40.4 Å². The maximum atomic E-state index is 11.1. The topological polar surface area (TPSA) is 67.6 Å². The van der Waals surface area contributed by atoms with Gasteiger partial charge in [-0.1, -0.05) is 12.2 Å². The lowest BCUT2D eigenvalue weighted by molar-refractivity contribution is -0.119. The lowest BCUT2D eigenvalue weighted by Crippen LogP contribution is -2.35. The first kappa shape index (κ1) is 14.3. The van der Waals surface area contributed by atoms with Crippen LogP contribution in [0.25, 0.3) is 0 Å². The zero-order valence-corrected chi connectivity index (χ0v) is 10.1. The number of nitrogens with zero attached hydrogens (tertiary/aromatic N) is 1. The smallest absolute Gasteiger partial charge is 0.226 e. The Balaban J connectivity index is 3.43. The molecule has 0 aliphatic rings. The second-order valence-corrected chi connectivity index (χ2v) is 3.81. The molecule has 0 bridgehead atoms. The maximum Gasteiger partial charge on any atom is 0.226 e. The fourth-order valence-electron chi connectivity index (χ4n) is 0.966. The van der Waals surface area contributed by atoms with Crippen LogP contribution in [-0.2, 0) is 9.53 Å². The highest BCUT2D eigenvalue weighted by Crippen LogP contribution is 1.83. The summed E-state index contributed by atoms with van der Waals surface area (Å²) >= 11 is 4.62. The predicted molar refractivity (Wildman–Crippen MR) is 63.8 cm³/mol. The van der Waals surface area contributed by atoms with Crippen LogP contribution < -0.4 is 11.1 Å². The molecule has 15 heavy (non-hydrogen) atoms. The van der Waals surface area contributed by atoms with E-state index in [2.05, 4.69) is 22.4 Å². The molecule has 5 nitrogen and oxygen atoms in total. The quantitative estimate of drug-likeness (QED) is 0.546. The van der Waals surface area contributed by atoms with Gasteiger partial charge in [-0.05, 0) is 7.05 Å². The molecule has 0 fully saturated rings. The second kappa shape index (κ2) is 8.58. The highest BCUT2D eigenvalue weighted by atomic mass is 32.1. The average molecular weight is 233 g/mol. The molecule has 0 saturated carbocycles. The van der Waals surface area contributed by atoms with Gasteiger partial charge in [0.05, 0.1) is 18.0 Å². The number of amides is 1. The monoisotopic (exact) mass is 233 g/mol. The summed E-state index contributed by atoms with van der Waals surface area (Å²) in [6.07, 6.45) is 0.122. The summed E-state index contributed by atoms with van der Waals surface area (Å²) < 4.78 is 4.93. The largest absolute Gasteiger partial charge is 0.393 e. The average Bonchev–Trinajstić information content (AvgIpc) is 2.13. The highest BCUT2D eigenvalue weighted by Gasteiger charge is 2.03. The van der Waals surface area contributed by atoms with Crippen molar-refractivity contribution in [3.05, 3.63) is 0 Å². The van der Waals surface area contributed by atoms with Crippen LogP contribution in [-0.4, -0.2) is 56.2 Å². The molecule has 3 N–H and O–H groups in total. The fourth-order valence-corrected chi connectivity index (χ4v) is 1.10. The van der Waals surface area contributed by atoms with E-state index in [0.717, 1.165) is 13.1 Å². The number of hydrogen-bond acceptors (Lipinski definition) is 4. The van der Waals surface area contributed by atoms with Gasteiger partial charge >= 0.3 is 0 Å². The molecule has 0 spiro atoms. The summed E-state index contributed by atoms with van der Waals surface area (Å²) in [6.45, 7) is 2.92. The van der Waals surface area contributed by atoms with Gasteiger partial charge in [0.25, 0.3) is 0 Å². The Hall–Kier alpha value is -0.720. The summed E-state index contributed by atoms with van der Waals surface area (Å²) in [5, 5.41) is 2.73. The molecule has 0 aromatic rings. The molecular weight excluding hydrogens is 214 g/mol. The molecule has 0 unspecified atom stereocenters. The van der Waals surface area contributed by atoms with Crippen LogP contribution >= 0.6 is 12.2 Å². The molecule has 0 saturated heterocycles. The van der Waals surface area contributed by atoms with Gasteiger partial charge in [0.2, 0.25) is 5.91 Å². The normalized spacial score (nSPS) is 10.3. The molecule has 0 aromatic carbocycles. The van der Waals surface area contributed by atoms with Crippen molar-refractivity contribution in [1.82, 2.24) is 10.2 Å². The standard InChI is InChI=1S/C9H19N3O2S/c1-12(5-6-14-2)4-3-11-9(13)7-8(10)15/h3-7H2,1-2H3,(H2,10,15)(H,11,13). The Morgan fingerprint density at radius 2 is 2.20 bits per heavy atom. The molecule has 6 heteroatoms. The molecular formula is C9H19N3O2S. The molecule has 0 rings (SSSR count). The first-order valence-electron chi connectivity index (χ1n) is 4.78. The number of hydrogen-bond donors (Lipinski definition) is 2. The van der Waals surface area contributed by atoms with E-state index >= 15 is 0 Å². The van der Waals surface area contributed by atoms with E-state index in [1.165, 1.54) is 0 Å². The number of nitrogens with two attached hydrogens (primary N) is 1. The zero-order chi connectivity index (χ0) is 11.7. The van der Waals surface area contributed by atoms with Crippen molar-refractivity contribution in [3.63, 3.8) is 0 Å². The van der Waals surface area contributed by atoms with E-state index in [-0.39, 0.29) is 17.3 Å². The number of rotatable bonds is 8. The Morgan fingerprint density at radius 1 is 1.53 bits per heavy atom. The Morgan fingerprint density at radius 3 is 2.73 bits per heavy atom. The van der Waals surface area contributed by atoms with E-state index in [9.17, 15) is 4.79 Å². The first-order chi connectivity index (χ1) is 7.06. The minimum Gasteiger partial charge on any atom is -0.393 e. The number of methoxy groups -OCH3 is 1. The van der Waals surface area contributed by atoms with Gasteiger partial charge < -0.3 is 20.7 Å². The summed E-state index contributed by atoms with van der Waals surface area (Å²) in [5.41, 5.74) is 5.23. The van der Waals surface area contributed by atoms with Crippen molar-refractivity contribution in [1.29, 1.82) is 0 Å². The highest BCUT2D eigenvalue weighted by molar-refractivity contribution is 7.80. The van der Waals surface area contributed by atoms with E-state index in [4.69, 9.17) is 10.5 Å². The second-order valence-electron chi connectivity index (χ2n) is 3.29. The zero-order valence-electron chi connectivity index (χ0n) is 9.28. The number of carbonyl (C=O) groups is 1. The lowest BCUT2D eigenvalue weighted by Gasteiger charge is -2.15. The Bertz CT molecular complexity index is 212. The van der Waals surface area contributed by atoms with Crippen LogP contribution in [0.3, 0.4) is 0 Å². The van der Waals surface area contributed by atoms with Crippen molar-refractivity contribution in [2.45, 2.75) is 6.42 Å². The number of nitrogens with one attached hydrogen (secondary N) is 1. The molecule has 0 aliphatic carbocycles. The third kappa shape index (κ3) is 9.58. The molecule has 0 radical (unpaired) electrons. The number of thiocarbonyl (C=S) groups is 1. The Kier molecular flexibility index (Phi) is 8.17. The van der Waals surface area contributed by atoms with E-state index < -0.39 is 0 Å². The summed E-state index contributed by atoms with van der Waals surface area (Å²) in [4.78, 5) is 13.4. The predicted octanol–water partition coefficient (Wildman–Crippen LogP) is -0.643. The van der Waals surface area contributed by atoms with Crippen LogP contribution in [0, 0.1) is 0 Å². The number of likely N-dealkylation sites (N-methyl/N-ethyl adjacent to an activating group) is 1. The summed E-state index contributed by atoms with van der Waals surface area (Å²) in [5.74, 6) is -0.123. The van der Waals surface area contributed by atoms with Crippen molar-refractivity contribution >= 4 is 23.1 Å². The minimum absolute atomic E-state index is 0.122. The summed E-state index contributed by atoms with van der Waals surface area (Å²) in [6, 6.07) is 0. The van der Waals surface area contributed by atoms with Crippen molar-refractivity contribution < 1.29 is 9.53 Å². The van der Waals surface area contributed by atoms with Gasteiger partial charge in [-0.2, -0.15) is 0 Å². The van der Waals surface area contributed by atoms with Crippen LogP contribution in [0.5, 0.6) is 0 Å². The fraction of sp³-hybridized carbons (Fsp3) is 0.778. The summed E-state index contributed by atoms with van der Waals surface area (Å²) in [7, 11) is 3.64. The molecule has 0 aromatic heterocycles. The van der Waals surface area contributed by atoms with Gasteiger partial charge in [0, 0.05) is 26.7 Å². The van der Waals surface area contributed by atoms with Crippen LogP contribution in [0.2, 0.25) is 0 Å². The van der Waals surface area contributed by atoms with E-state index in [1.807, 2.05) is 7.05 Å². The SMILES string of the molecule is COCCN(C)CCNC(=O)CC(N)=S. The molecule has 0 atom stereocenters. The molecule has 1 amide bonds. The van der Waals surface area contributed by atoms with Crippen molar-refractivity contribution in [3.8, 4) is 0 Å². The molecule has 0 heterocycles. The molecule has 0 aliphatic heterocycles. The van der Waals surface area contributed by atoms with Crippen LogP contribution in [0.15, 0.2) is 0 Å². The van der Waals surface area contributed by atoms with E-state index in [0.29, 0.717) is 13.2 Å². The minimum atomic E-state index is -0.123. The third-order valence-corrected chi connectivity index (χ3v) is 1.97. The van der Waals surface area contributed by atoms with Gasteiger partial charge in [0.1, 0.15) is 0 Å². The molecule has 88 valence electrons. The van der Waals surface area contributed by atoms with Gasteiger partial charge in [-0.3, -0.25) is 4.79 Å². The van der Waals surface area contributed by atoms with Gasteiger partial charge in [-0.25, -0.2) is 0 Å². The van der Waals surface area contributed by atoms with Crippen LogP contribution in [0.4, 0.5) is 0 Å². The lowest BCUT2D eigenvalue weighted by atomic mass is 10.4. The Labute approximate surface area is 95.9 Å². The number of ether oxygens (including phenoxy) is 1. The van der Waals surface area contributed by atoms with Crippen LogP contribution in [0.1, 0.15) is 6.42 Å².